The highest BCUT2D eigenvalue weighted by Gasteiger charge is 2.29. The summed E-state index contributed by atoms with van der Waals surface area (Å²) in [6.45, 7) is 0.189. The average Bonchev–Trinajstić information content (AvgIpc) is 3.16. The molecule has 3 rings (SSSR count). The van der Waals surface area contributed by atoms with E-state index in [2.05, 4.69) is 27.5 Å². The van der Waals surface area contributed by atoms with E-state index in [1.165, 1.54) is 13.2 Å². The molecule has 1 aliphatic carbocycles. The van der Waals surface area contributed by atoms with Crippen LogP contribution in [0.15, 0.2) is 60.7 Å². The first-order chi connectivity index (χ1) is 16.4. The minimum atomic E-state index is -1.26. The molecule has 9 heteroatoms. The van der Waals surface area contributed by atoms with Crippen LogP contribution < -0.4 is 10.6 Å². The van der Waals surface area contributed by atoms with Crippen LogP contribution in [0, 0.1) is 0 Å². The van der Waals surface area contributed by atoms with Crippen molar-refractivity contribution in [3.8, 4) is 11.1 Å². The van der Waals surface area contributed by atoms with E-state index >= 15 is 0 Å². The number of carboxylic acids is 1. The lowest BCUT2D eigenvalue weighted by molar-refractivity contribution is -0.143. The molecular formula is C25H26N2O7. The third-order valence-electron chi connectivity index (χ3n) is 5.46. The van der Waals surface area contributed by atoms with Gasteiger partial charge in [0.25, 0.3) is 0 Å². The Balaban J connectivity index is 1.44. The lowest BCUT2D eigenvalue weighted by atomic mass is 9.98. The zero-order valence-corrected chi connectivity index (χ0v) is 18.7. The minimum Gasteiger partial charge on any atom is -0.480 e. The molecule has 34 heavy (non-hydrogen) atoms. The van der Waals surface area contributed by atoms with Crippen molar-refractivity contribution in [3.05, 3.63) is 71.8 Å². The van der Waals surface area contributed by atoms with Gasteiger partial charge < -0.3 is 25.2 Å². The molecule has 2 aromatic carbocycles. The predicted molar refractivity (Wildman–Crippen MR) is 123 cm³/mol. The summed E-state index contributed by atoms with van der Waals surface area (Å²) >= 11 is 0. The summed E-state index contributed by atoms with van der Waals surface area (Å²) in [4.78, 5) is 46.4. The Bertz CT molecular complexity index is 1050. The number of nitrogens with one attached hydrogen (secondary N) is 2. The molecule has 1 aliphatic rings. The number of amides is 2. The summed E-state index contributed by atoms with van der Waals surface area (Å²) in [5.41, 5.74) is 4.47. The van der Waals surface area contributed by atoms with Gasteiger partial charge in [-0.15, -0.1) is 0 Å². The summed E-state index contributed by atoms with van der Waals surface area (Å²) in [6, 6.07) is 14.8. The summed E-state index contributed by atoms with van der Waals surface area (Å²) in [5.74, 6) is -2.55. The fraction of sp³-hybridized carbons (Fsp3) is 0.280. The van der Waals surface area contributed by atoms with Gasteiger partial charge in [0.2, 0.25) is 5.91 Å². The second-order valence-electron chi connectivity index (χ2n) is 7.62. The Kier molecular flexibility index (Phi) is 8.39. The number of hydrogen-bond acceptors (Lipinski definition) is 6. The maximum absolute atomic E-state index is 12.1. The zero-order valence-electron chi connectivity index (χ0n) is 18.7. The molecule has 0 fully saturated rings. The monoisotopic (exact) mass is 466 g/mol. The van der Waals surface area contributed by atoms with Gasteiger partial charge in [0.05, 0.1) is 7.11 Å². The number of hydrogen-bond donors (Lipinski definition) is 3. The van der Waals surface area contributed by atoms with Crippen molar-refractivity contribution < 1.29 is 33.8 Å². The van der Waals surface area contributed by atoms with Gasteiger partial charge in [-0.3, -0.25) is 9.59 Å². The third kappa shape index (κ3) is 6.22. The molecule has 0 saturated heterocycles. The molecule has 2 amide bonds. The highest BCUT2D eigenvalue weighted by molar-refractivity contribution is 5.91. The number of alkyl carbamates (subject to hydrolysis) is 1. The normalized spacial score (nSPS) is 13.0. The molecule has 2 aromatic rings. The van der Waals surface area contributed by atoms with Crippen molar-refractivity contribution in [2.45, 2.75) is 24.8 Å². The van der Waals surface area contributed by atoms with Crippen molar-refractivity contribution in [2.24, 2.45) is 0 Å². The molecule has 178 valence electrons. The molecule has 9 nitrogen and oxygen atoms in total. The van der Waals surface area contributed by atoms with Crippen LogP contribution in [0.5, 0.6) is 0 Å². The quantitative estimate of drug-likeness (QED) is 0.362. The molecule has 1 unspecified atom stereocenters. The zero-order chi connectivity index (χ0) is 24.5. The van der Waals surface area contributed by atoms with E-state index in [9.17, 15) is 19.2 Å². The van der Waals surface area contributed by atoms with Crippen LogP contribution in [-0.4, -0.2) is 55.3 Å². The number of carboxylic acid groups (broad SMARTS) is 1. The van der Waals surface area contributed by atoms with Crippen LogP contribution in [0.3, 0.4) is 0 Å². The van der Waals surface area contributed by atoms with Crippen LogP contribution in [0.2, 0.25) is 0 Å². The lowest BCUT2D eigenvalue weighted by Crippen LogP contribution is -2.40. The third-order valence-corrected chi connectivity index (χ3v) is 5.46. The van der Waals surface area contributed by atoms with Crippen molar-refractivity contribution in [1.29, 1.82) is 0 Å². The predicted octanol–water partition coefficient (Wildman–Crippen LogP) is 2.60. The Morgan fingerprint density at radius 2 is 1.65 bits per heavy atom. The van der Waals surface area contributed by atoms with Crippen molar-refractivity contribution in [3.63, 3.8) is 0 Å². The Hall–Kier alpha value is -4.14. The van der Waals surface area contributed by atoms with Crippen LogP contribution in [0.4, 0.5) is 4.79 Å². The molecule has 0 aromatic heterocycles. The van der Waals surface area contributed by atoms with Crippen molar-refractivity contribution in [2.75, 3.05) is 20.3 Å². The number of fused-ring (bicyclic) bond motifs is 3. The molecule has 0 saturated carbocycles. The lowest BCUT2D eigenvalue weighted by Gasteiger charge is -2.14. The van der Waals surface area contributed by atoms with Gasteiger partial charge in [0, 0.05) is 25.0 Å². The van der Waals surface area contributed by atoms with E-state index in [4.69, 9.17) is 9.84 Å². The SMILES string of the molecule is COC(=O)CCC(NC(=O)/C=C/CNC(=O)OCC1c2ccccc2-c2ccccc21)C(=O)O. The van der Waals surface area contributed by atoms with E-state index in [0.717, 1.165) is 28.3 Å². The van der Waals surface area contributed by atoms with E-state index in [0.29, 0.717) is 0 Å². The summed E-state index contributed by atoms with van der Waals surface area (Å²) < 4.78 is 9.87. The first-order valence-corrected chi connectivity index (χ1v) is 10.8. The number of aliphatic carboxylic acids is 1. The average molecular weight is 466 g/mol. The molecule has 0 heterocycles. The number of methoxy groups -OCH3 is 1. The Morgan fingerprint density at radius 1 is 1.03 bits per heavy atom. The van der Waals surface area contributed by atoms with E-state index < -0.39 is 30.0 Å². The topological polar surface area (TPSA) is 131 Å². The Morgan fingerprint density at radius 3 is 2.24 bits per heavy atom. The molecule has 3 N–H and O–H groups in total. The van der Waals surface area contributed by atoms with Crippen LogP contribution in [0.25, 0.3) is 11.1 Å². The number of rotatable bonds is 10. The van der Waals surface area contributed by atoms with Gasteiger partial charge in [-0.25, -0.2) is 9.59 Å². The maximum Gasteiger partial charge on any atom is 0.407 e. The van der Waals surface area contributed by atoms with Crippen LogP contribution >= 0.6 is 0 Å². The van der Waals surface area contributed by atoms with Crippen molar-refractivity contribution >= 4 is 23.9 Å². The second-order valence-corrected chi connectivity index (χ2v) is 7.62. The van der Waals surface area contributed by atoms with E-state index in [1.807, 2.05) is 36.4 Å². The maximum atomic E-state index is 12.1. The number of esters is 1. The van der Waals surface area contributed by atoms with Crippen molar-refractivity contribution in [1.82, 2.24) is 10.6 Å². The first-order valence-electron chi connectivity index (χ1n) is 10.8. The standard InChI is InChI=1S/C25H26N2O7/c1-33-23(29)13-12-21(24(30)31)27-22(28)11-6-14-26-25(32)34-15-20-18-9-4-2-7-16(18)17-8-3-5-10-19(17)20/h2-11,20-21H,12-15H2,1H3,(H,26,32)(H,27,28)(H,30,31)/b11-6+. The highest BCUT2D eigenvalue weighted by atomic mass is 16.5. The minimum absolute atomic E-state index is 0.0178. The van der Waals surface area contributed by atoms with Gasteiger partial charge in [0.1, 0.15) is 12.6 Å². The smallest absolute Gasteiger partial charge is 0.407 e. The Labute approximate surface area is 196 Å². The highest BCUT2D eigenvalue weighted by Crippen LogP contribution is 2.44. The van der Waals surface area contributed by atoms with Crippen LogP contribution in [0.1, 0.15) is 29.9 Å². The fourth-order valence-corrected chi connectivity index (χ4v) is 3.80. The van der Waals surface area contributed by atoms with E-state index in [1.54, 1.807) is 0 Å². The molecule has 0 aliphatic heterocycles. The summed E-state index contributed by atoms with van der Waals surface area (Å²) in [5, 5.41) is 14.0. The molecule has 0 spiro atoms. The van der Waals surface area contributed by atoms with Gasteiger partial charge in [-0.05, 0) is 28.7 Å². The molecule has 0 radical (unpaired) electrons. The van der Waals surface area contributed by atoms with Gasteiger partial charge >= 0.3 is 18.0 Å². The summed E-state index contributed by atoms with van der Waals surface area (Å²) in [6.07, 6.45) is 1.61. The molecular weight excluding hydrogens is 440 g/mol. The van der Waals surface area contributed by atoms with E-state index in [-0.39, 0.29) is 31.9 Å². The molecule has 1 atom stereocenters. The number of ether oxygens (including phenoxy) is 2. The van der Waals surface area contributed by atoms with Gasteiger partial charge in [-0.1, -0.05) is 54.6 Å². The van der Waals surface area contributed by atoms with Gasteiger partial charge in [0.15, 0.2) is 0 Å². The van der Waals surface area contributed by atoms with Gasteiger partial charge in [-0.2, -0.15) is 0 Å². The fourth-order valence-electron chi connectivity index (χ4n) is 3.80. The van der Waals surface area contributed by atoms with Crippen LogP contribution in [-0.2, 0) is 23.9 Å². The largest absolute Gasteiger partial charge is 0.480 e. The number of carbonyl (C=O) groups excluding carboxylic acids is 3. The summed E-state index contributed by atoms with van der Waals surface area (Å²) in [7, 11) is 1.20. The second kappa shape index (κ2) is 11.6. The number of carbonyl (C=O) groups is 4. The first kappa shape index (κ1) is 24.5. The molecule has 0 bridgehead atoms. The number of benzene rings is 2.